The Kier molecular flexibility index (Phi) is 4.93. The Morgan fingerprint density at radius 1 is 1.30 bits per heavy atom. The predicted octanol–water partition coefficient (Wildman–Crippen LogP) is 1.79. The topological polar surface area (TPSA) is 56.8 Å². The standard InChI is InChI=1S/C21H30N4O2/c1-14-6-5-9-22-20(14)21(27)24-11-15-10-16(12-24)18(13-23(2)3)25-17(15)7-4-8-19(25)26/h5-6,9,15-18H,4,7-8,10-13H2,1-3H3/t15-,16+,17+,18+/m1/s1. The molecule has 0 aromatic carbocycles. The van der Waals surface area contributed by atoms with Crippen LogP contribution in [-0.2, 0) is 4.79 Å². The third-order valence-electron chi connectivity index (χ3n) is 6.55. The van der Waals surface area contributed by atoms with Crippen molar-refractivity contribution in [1.82, 2.24) is 19.7 Å². The molecule has 6 nitrogen and oxygen atoms in total. The van der Waals surface area contributed by atoms with Crippen LogP contribution >= 0.6 is 0 Å². The largest absolute Gasteiger partial charge is 0.337 e. The van der Waals surface area contributed by atoms with Gasteiger partial charge < -0.3 is 14.7 Å². The zero-order chi connectivity index (χ0) is 19.1. The van der Waals surface area contributed by atoms with Gasteiger partial charge in [0.25, 0.3) is 5.91 Å². The highest BCUT2D eigenvalue weighted by molar-refractivity contribution is 5.93. The van der Waals surface area contributed by atoms with Crippen LogP contribution in [0, 0.1) is 18.8 Å². The molecule has 0 radical (unpaired) electrons. The molecule has 27 heavy (non-hydrogen) atoms. The molecule has 4 atom stereocenters. The summed E-state index contributed by atoms with van der Waals surface area (Å²) in [5.41, 5.74) is 1.50. The van der Waals surface area contributed by atoms with E-state index in [2.05, 4.69) is 28.9 Å². The van der Waals surface area contributed by atoms with Crippen molar-refractivity contribution in [3.8, 4) is 0 Å². The van der Waals surface area contributed by atoms with Gasteiger partial charge in [0.2, 0.25) is 5.91 Å². The second kappa shape index (κ2) is 7.23. The van der Waals surface area contributed by atoms with Crippen LogP contribution in [0.5, 0.6) is 0 Å². The van der Waals surface area contributed by atoms with Gasteiger partial charge in [0.15, 0.2) is 0 Å². The van der Waals surface area contributed by atoms with Gasteiger partial charge in [-0.25, -0.2) is 0 Å². The van der Waals surface area contributed by atoms with Crippen LogP contribution in [0.4, 0.5) is 0 Å². The van der Waals surface area contributed by atoms with Crippen molar-refractivity contribution in [2.24, 2.45) is 11.8 Å². The second-order valence-corrected chi connectivity index (χ2v) is 8.73. The summed E-state index contributed by atoms with van der Waals surface area (Å²) in [5, 5.41) is 0. The third kappa shape index (κ3) is 3.35. The molecule has 146 valence electrons. The molecule has 1 aromatic rings. The lowest BCUT2D eigenvalue weighted by Crippen LogP contribution is -2.67. The monoisotopic (exact) mass is 370 g/mol. The Labute approximate surface area is 161 Å². The number of aromatic nitrogens is 1. The number of nitrogens with zero attached hydrogens (tertiary/aromatic N) is 4. The summed E-state index contributed by atoms with van der Waals surface area (Å²) in [5.74, 6) is 1.09. The molecule has 2 bridgehead atoms. The van der Waals surface area contributed by atoms with Gasteiger partial charge in [-0.05, 0) is 63.7 Å². The number of aryl methyl sites for hydroxylation is 1. The summed E-state index contributed by atoms with van der Waals surface area (Å²) >= 11 is 0. The maximum atomic E-state index is 13.2. The normalized spacial score (nSPS) is 30.4. The molecule has 0 aliphatic carbocycles. The first-order valence-electron chi connectivity index (χ1n) is 10.1. The summed E-state index contributed by atoms with van der Waals surface area (Å²) in [6, 6.07) is 4.30. The molecule has 1 aromatic heterocycles. The first-order valence-corrected chi connectivity index (χ1v) is 10.1. The summed E-state index contributed by atoms with van der Waals surface area (Å²) in [6.45, 7) is 4.28. The van der Waals surface area contributed by atoms with E-state index in [0.29, 0.717) is 29.9 Å². The smallest absolute Gasteiger partial charge is 0.272 e. The minimum atomic E-state index is 0.0435. The van der Waals surface area contributed by atoms with Gasteiger partial charge in [-0.1, -0.05) is 6.07 Å². The second-order valence-electron chi connectivity index (χ2n) is 8.73. The summed E-state index contributed by atoms with van der Waals surface area (Å²) < 4.78 is 0. The van der Waals surface area contributed by atoms with Crippen LogP contribution < -0.4 is 0 Å². The first kappa shape index (κ1) is 18.4. The van der Waals surface area contributed by atoms with Crippen molar-refractivity contribution in [2.75, 3.05) is 33.7 Å². The van der Waals surface area contributed by atoms with Gasteiger partial charge >= 0.3 is 0 Å². The van der Waals surface area contributed by atoms with Crippen LogP contribution in [0.3, 0.4) is 0 Å². The van der Waals surface area contributed by atoms with Crippen molar-refractivity contribution in [3.63, 3.8) is 0 Å². The van der Waals surface area contributed by atoms with Crippen LogP contribution in [0.1, 0.15) is 41.7 Å². The fourth-order valence-electron chi connectivity index (χ4n) is 5.41. The van der Waals surface area contributed by atoms with E-state index in [-0.39, 0.29) is 18.0 Å². The molecule has 3 saturated heterocycles. The summed E-state index contributed by atoms with van der Waals surface area (Å²) in [6.07, 6.45) is 5.54. The lowest BCUT2D eigenvalue weighted by molar-refractivity contribution is -0.152. The van der Waals surface area contributed by atoms with Crippen molar-refractivity contribution in [2.45, 2.75) is 44.7 Å². The third-order valence-corrected chi connectivity index (χ3v) is 6.55. The molecule has 6 heteroatoms. The zero-order valence-electron chi connectivity index (χ0n) is 16.6. The Bertz CT molecular complexity index is 735. The Hall–Kier alpha value is -1.95. The number of pyridine rings is 1. The van der Waals surface area contributed by atoms with E-state index in [1.54, 1.807) is 6.20 Å². The van der Waals surface area contributed by atoms with Gasteiger partial charge in [-0.3, -0.25) is 14.6 Å². The van der Waals surface area contributed by atoms with Crippen LogP contribution in [0.2, 0.25) is 0 Å². The molecule has 4 heterocycles. The number of fused-ring (bicyclic) bond motifs is 4. The number of rotatable bonds is 3. The molecule has 0 saturated carbocycles. The lowest BCUT2D eigenvalue weighted by Gasteiger charge is -2.57. The lowest BCUT2D eigenvalue weighted by atomic mass is 9.72. The van der Waals surface area contributed by atoms with E-state index in [0.717, 1.165) is 44.5 Å². The Morgan fingerprint density at radius 2 is 2.07 bits per heavy atom. The number of carbonyl (C=O) groups excluding carboxylic acids is 2. The number of hydrogen-bond donors (Lipinski definition) is 0. The molecular weight excluding hydrogens is 340 g/mol. The number of likely N-dealkylation sites (tertiary alicyclic amines) is 1. The Balaban J connectivity index is 1.62. The van der Waals surface area contributed by atoms with Crippen LogP contribution in [-0.4, -0.2) is 77.3 Å². The van der Waals surface area contributed by atoms with Gasteiger partial charge in [0.05, 0.1) is 0 Å². The average molecular weight is 370 g/mol. The van der Waals surface area contributed by atoms with Crippen LogP contribution in [0.25, 0.3) is 0 Å². The van der Waals surface area contributed by atoms with E-state index in [4.69, 9.17) is 0 Å². The van der Waals surface area contributed by atoms with E-state index < -0.39 is 0 Å². The van der Waals surface area contributed by atoms with Crippen molar-refractivity contribution in [3.05, 3.63) is 29.6 Å². The number of likely N-dealkylation sites (N-methyl/N-ethyl adjacent to an activating group) is 1. The molecule has 0 unspecified atom stereocenters. The first-order chi connectivity index (χ1) is 13.0. The van der Waals surface area contributed by atoms with Gasteiger partial charge in [-0.15, -0.1) is 0 Å². The predicted molar refractivity (Wildman–Crippen MR) is 103 cm³/mol. The van der Waals surface area contributed by atoms with Gasteiger partial charge in [0.1, 0.15) is 5.69 Å². The maximum absolute atomic E-state index is 13.2. The van der Waals surface area contributed by atoms with Gasteiger partial charge in [-0.2, -0.15) is 0 Å². The molecule has 3 aliphatic rings. The summed E-state index contributed by atoms with van der Waals surface area (Å²) in [7, 11) is 4.14. The van der Waals surface area contributed by atoms with Gasteiger partial charge in [0, 0.05) is 44.3 Å². The highest BCUT2D eigenvalue weighted by Gasteiger charge is 2.50. The fraction of sp³-hybridized carbons (Fsp3) is 0.667. The molecule has 2 amide bonds. The van der Waals surface area contributed by atoms with Crippen LogP contribution in [0.15, 0.2) is 18.3 Å². The molecule has 3 aliphatic heterocycles. The van der Waals surface area contributed by atoms with E-state index >= 15 is 0 Å². The molecule has 0 spiro atoms. The average Bonchev–Trinajstić information content (AvgIpc) is 2.65. The van der Waals surface area contributed by atoms with E-state index in [1.807, 2.05) is 24.0 Å². The molecule has 3 fully saturated rings. The number of hydrogen-bond acceptors (Lipinski definition) is 4. The maximum Gasteiger partial charge on any atom is 0.272 e. The quantitative estimate of drug-likeness (QED) is 0.814. The highest BCUT2D eigenvalue weighted by Crippen LogP contribution is 2.42. The highest BCUT2D eigenvalue weighted by atomic mass is 16.2. The number of amides is 2. The molecule has 4 rings (SSSR count). The SMILES string of the molecule is Cc1cccnc1C(=O)N1C[C@H]2C[C@@H](C1)[C@H](CN(C)C)N1C(=O)CCC[C@@H]21. The zero-order valence-corrected chi connectivity index (χ0v) is 16.6. The minimum absolute atomic E-state index is 0.0435. The number of piperidine rings is 3. The van der Waals surface area contributed by atoms with E-state index in [1.165, 1.54) is 0 Å². The fourth-order valence-corrected chi connectivity index (χ4v) is 5.41. The minimum Gasteiger partial charge on any atom is -0.337 e. The Morgan fingerprint density at radius 3 is 2.81 bits per heavy atom. The van der Waals surface area contributed by atoms with Crippen molar-refractivity contribution >= 4 is 11.8 Å². The van der Waals surface area contributed by atoms with E-state index in [9.17, 15) is 9.59 Å². The van der Waals surface area contributed by atoms with Crippen molar-refractivity contribution in [1.29, 1.82) is 0 Å². The summed E-state index contributed by atoms with van der Waals surface area (Å²) in [4.78, 5) is 36.7. The molecular formula is C21H30N4O2. The molecule has 0 N–H and O–H groups in total. The van der Waals surface area contributed by atoms with Crippen molar-refractivity contribution < 1.29 is 9.59 Å². The number of carbonyl (C=O) groups is 2.